The minimum absolute atomic E-state index is 0.0612. The zero-order valence-electron chi connectivity index (χ0n) is 16.4. The number of amides is 1. The van der Waals surface area contributed by atoms with Crippen molar-refractivity contribution in [3.05, 3.63) is 30.6 Å². The summed E-state index contributed by atoms with van der Waals surface area (Å²) in [6.07, 6.45) is 5.16. The topological polar surface area (TPSA) is 69.0 Å². The summed E-state index contributed by atoms with van der Waals surface area (Å²) in [7, 11) is 1.64. The zero-order chi connectivity index (χ0) is 19.4. The van der Waals surface area contributed by atoms with Gasteiger partial charge < -0.3 is 10.1 Å². The molecule has 0 saturated heterocycles. The molecule has 1 heterocycles. The summed E-state index contributed by atoms with van der Waals surface area (Å²) in [5.74, 6) is 2.00. The first-order chi connectivity index (χ1) is 13.0. The number of thioether (sulfide) groups is 1. The summed E-state index contributed by atoms with van der Waals surface area (Å²) in [5.41, 5.74) is 0.907. The van der Waals surface area contributed by atoms with Gasteiger partial charge in [0.2, 0.25) is 5.91 Å². The van der Waals surface area contributed by atoms with Crippen LogP contribution in [0, 0.1) is 11.8 Å². The summed E-state index contributed by atoms with van der Waals surface area (Å²) in [6.45, 7) is 6.44. The van der Waals surface area contributed by atoms with Crippen LogP contribution in [0.5, 0.6) is 5.75 Å². The van der Waals surface area contributed by atoms with Crippen LogP contribution < -0.4 is 10.1 Å². The fourth-order valence-corrected chi connectivity index (χ4v) is 4.39. The summed E-state index contributed by atoms with van der Waals surface area (Å²) in [5, 5.41) is 11.9. The molecule has 0 spiro atoms. The molecule has 4 atom stereocenters. The third-order valence-corrected chi connectivity index (χ3v) is 6.59. The first-order valence-corrected chi connectivity index (χ1v) is 10.4. The highest BCUT2D eigenvalue weighted by Gasteiger charge is 2.29. The average Bonchev–Trinajstić information content (AvgIpc) is 3.13. The number of hydrogen-bond donors (Lipinski definition) is 1. The minimum Gasteiger partial charge on any atom is -0.497 e. The number of carbonyl (C=O) groups is 1. The van der Waals surface area contributed by atoms with Gasteiger partial charge in [-0.05, 0) is 37.3 Å². The molecule has 1 saturated carbocycles. The average molecular weight is 389 g/mol. The molecule has 7 heteroatoms. The van der Waals surface area contributed by atoms with Gasteiger partial charge in [-0.15, -0.1) is 10.2 Å². The minimum atomic E-state index is -0.247. The van der Waals surface area contributed by atoms with Gasteiger partial charge in [0.1, 0.15) is 12.1 Å². The standard InChI is InChI=1S/C20H28N4O2S/c1-13-7-5-10-18(14(13)2)22-19(25)15(3)27-20-23-21-12-24(20)16-8-6-9-17(11-16)26-4/h6,8-9,11-15,18H,5,7,10H2,1-4H3,(H,22,25)/t13-,14-,15-,18-/m1/s1. The first kappa shape index (κ1) is 19.7. The van der Waals surface area contributed by atoms with Crippen LogP contribution in [-0.4, -0.2) is 39.1 Å². The lowest BCUT2D eigenvalue weighted by atomic mass is 9.78. The van der Waals surface area contributed by atoms with Gasteiger partial charge in [-0.2, -0.15) is 0 Å². The number of hydrogen-bond acceptors (Lipinski definition) is 5. The molecule has 1 aromatic carbocycles. The van der Waals surface area contributed by atoms with E-state index in [1.807, 2.05) is 35.8 Å². The maximum atomic E-state index is 12.7. The molecule has 1 fully saturated rings. The molecular weight excluding hydrogens is 360 g/mol. The normalized spacial score (nSPS) is 23.6. The second-order valence-corrected chi connectivity index (χ2v) is 8.64. The van der Waals surface area contributed by atoms with E-state index in [4.69, 9.17) is 4.74 Å². The van der Waals surface area contributed by atoms with E-state index >= 15 is 0 Å². The maximum absolute atomic E-state index is 12.7. The van der Waals surface area contributed by atoms with Crippen molar-refractivity contribution in [2.75, 3.05) is 7.11 Å². The summed E-state index contributed by atoms with van der Waals surface area (Å²) in [6, 6.07) is 7.96. The molecule has 1 aliphatic rings. The Kier molecular flexibility index (Phi) is 6.42. The van der Waals surface area contributed by atoms with Crippen LogP contribution in [0.3, 0.4) is 0 Å². The van der Waals surface area contributed by atoms with Crippen molar-refractivity contribution in [3.63, 3.8) is 0 Å². The SMILES string of the molecule is COc1cccc(-n2cnnc2S[C@H](C)C(=O)N[C@@H]2CCC[C@@H](C)[C@H]2C)c1. The first-order valence-electron chi connectivity index (χ1n) is 9.51. The Bertz CT molecular complexity index is 779. The molecule has 6 nitrogen and oxygen atoms in total. The van der Waals surface area contributed by atoms with E-state index < -0.39 is 0 Å². The molecule has 3 rings (SSSR count). The highest BCUT2D eigenvalue weighted by molar-refractivity contribution is 8.00. The smallest absolute Gasteiger partial charge is 0.233 e. The Morgan fingerprint density at radius 3 is 2.96 bits per heavy atom. The number of benzene rings is 1. The number of rotatable bonds is 6. The summed E-state index contributed by atoms with van der Waals surface area (Å²) < 4.78 is 7.17. The van der Waals surface area contributed by atoms with Crippen molar-refractivity contribution in [1.82, 2.24) is 20.1 Å². The molecule has 27 heavy (non-hydrogen) atoms. The monoisotopic (exact) mass is 388 g/mol. The van der Waals surface area contributed by atoms with Crippen LogP contribution in [0.1, 0.15) is 40.0 Å². The molecule has 0 bridgehead atoms. The largest absolute Gasteiger partial charge is 0.497 e. The lowest BCUT2D eigenvalue weighted by molar-refractivity contribution is -0.121. The van der Waals surface area contributed by atoms with Gasteiger partial charge in [-0.1, -0.05) is 44.5 Å². The van der Waals surface area contributed by atoms with Crippen molar-refractivity contribution in [2.24, 2.45) is 11.8 Å². The third kappa shape index (κ3) is 4.64. The van der Waals surface area contributed by atoms with Crippen molar-refractivity contribution in [1.29, 1.82) is 0 Å². The Balaban J connectivity index is 1.67. The molecule has 1 N–H and O–H groups in total. The van der Waals surface area contributed by atoms with E-state index in [-0.39, 0.29) is 17.2 Å². The van der Waals surface area contributed by atoms with Crippen molar-refractivity contribution < 1.29 is 9.53 Å². The predicted octanol–water partition coefficient (Wildman–Crippen LogP) is 3.70. The van der Waals surface area contributed by atoms with Crippen LogP contribution in [0.2, 0.25) is 0 Å². The van der Waals surface area contributed by atoms with Gasteiger partial charge in [0.05, 0.1) is 18.0 Å². The molecule has 146 valence electrons. The number of methoxy groups -OCH3 is 1. The quantitative estimate of drug-likeness (QED) is 0.764. The molecule has 1 aromatic heterocycles. The van der Waals surface area contributed by atoms with Crippen LogP contribution in [-0.2, 0) is 4.79 Å². The Morgan fingerprint density at radius 2 is 2.19 bits per heavy atom. The van der Waals surface area contributed by atoms with Crippen LogP contribution in [0.25, 0.3) is 5.69 Å². The number of carbonyl (C=O) groups excluding carboxylic acids is 1. The molecule has 0 unspecified atom stereocenters. The summed E-state index contributed by atoms with van der Waals surface area (Å²) >= 11 is 1.42. The van der Waals surface area contributed by atoms with Gasteiger partial charge in [-0.3, -0.25) is 9.36 Å². The lowest BCUT2D eigenvalue weighted by Gasteiger charge is -2.35. The van der Waals surface area contributed by atoms with Crippen molar-refractivity contribution in [2.45, 2.75) is 56.5 Å². The van der Waals surface area contributed by atoms with E-state index in [1.54, 1.807) is 13.4 Å². The molecule has 0 aliphatic heterocycles. The van der Waals surface area contributed by atoms with Crippen molar-refractivity contribution >= 4 is 17.7 Å². The number of aromatic nitrogens is 3. The fraction of sp³-hybridized carbons (Fsp3) is 0.550. The second-order valence-electron chi connectivity index (χ2n) is 7.33. The fourth-order valence-electron chi connectivity index (χ4n) is 3.54. The lowest BCUT2D eigenvalue weighted by Crippen LogP contribution is -2.46. The van der Waals surface area contributed by atoms with E-state index in [2.05, 4.69) is 29.4 Å². The maximum Gasteiger partial charge on any atom is 0.233 e. The second kappa shape index (κ2) is 8.78. The van der Waals surface area contributed by atoms with E-state index in [1.165, 1.54) is 24.6 Å². The molecule has 1 amide bonds. The predicted molar refractivity (Wildman–Crippen MR) is 107 cm³/mol. The molecule has 1 aliphatic carbocycles. The van der Waals surface area contributed by atoms with Gasteiger partial charge in [0, 0.05) is 12.1 Å². The highest BCUT2D eigenvalue weighted by Crippen LogP contribution is 2.30. The van der Waals surface area contributed by atoms with E-state index in [0.717, 1.165) is 17.9 Å². The molecular formula is C20H28N4O2S. The van der Waals surface area contributed by atoms with Gasteiger partial charge in [0.15, 0.2) is 5.16 Å². The van der Waals surface area contributed by atoms with Crippen LogP contribution in [0.4, 0.5) is 0 Å². The van der Waals surface area contributed by atoms with E-state index in [9.17, 15) is 4.79 Å². The zero-order valence-corrected chi connectivity index (χ0v) is 17.2. The van der Waals surface area contributed by atoms with Crippen LogP contribution in [0.15, 0.2) is 35.7 Å². The van der Waals surface area contributed by atoms with Gasteiger partial charge in [-0.25, -0.2) is 0 Å². The third-order valence-electron chi connectivity index (χ3n) is 5.53. The molecule has 0 radical (unpaired) electrons. The number of ether oxygens (including phenoxy) is 1. The highest BCUT2D eigenvalue weighted by atomic mass is 32.2. The summed E-state index contributed by atoms with van der Waals surface area (Å²) in [4.78, 5) is 12.7. The number of nitrogens with zero attached hydrogens (tertiary/aromatic N) is 3. The Labute approximate surface area is 165 Å². The van der Waals surface area contributed by atoms with E-state index in [0.29, 0.717) is 17.0 Å². The Hall–Kier alpha value is -2.02. The van der Waals surface area contributed by atoms with Crippen molar-refractivity contribution in [3.8, 4) is 11.4 Å². The van der Waals surface area contributed by atoms with Gasteiger partial charge in [0.25, 0.3) is 0 Å². The molecule has 2 aromatic rings. The Morgan fingerprint density at radius 1 is 1.37 bits per heavy atom. The number of nitrogens with one attached hydrogen (secondary N) is 1. The van der Waals surface area contributed by atoms with Crippen LogP contribution >= 0.6 is 11.8 Å². The van der Waals surface area contributed by atoms with Gasteiger partial charge >= 0.3 is 0 Å².